The van der Waals surface area contributed by atoms with Gasteiger partial charge in [-0.2, -0.15) is 0 Å². The highest BCUT2D eigenvalue weighted by Gasteiger charge is 2.26. The lowest BCUT2D eigenvalue weighted by Gasteiger charge is -2.19. The van der Waals surface area contributed by atoms with Crippen molar-refractivity contribution in [2.45, 2.75) is 12.3 Å². The number of aromatic amines is 1. The summed E-state index contributed by atoms with van der Waals surface area (Å²) in [6.45, 7) is 0. The predicted molar refractivity (Wildman–Crippen MR) is 127 cm³/mol. The van der Waals surface area contributed by atoms with Crippen molar-refractivity contribution in [2.24, 2.45) is 0 Å². The lowest BCUT2D eigenvalue weighted by Crippen LogP contribution is -2.10. The van der Waals surface area contributed by atoms with Gasteiger partial charge in [0.15, 0.2) is 5.78 Å². The molecule has 0 saturated carbocycles. The van der Waals surface area contributed by atoms with Gasteiger partial charge in [0, 0.05) is 28.8 Å². The number of rotatable bonds is 6. The summed E-state index contributed by atoms with van der Waals surface area (Å²) in [5.74, 6) is 0.0963. The third-order valence-electron chi connectivity index (χ3n) is 5.84. The van der Waals surface area contributed by atoms with Crippen LogP contribution in [0, 0.1) is 0 Å². The number of benzene rings is 4. The Labute approximate surface area is 182 Å². The Kier molecular flexibility index (Phi) is 5.20. The van der Waals surface area contributed by atoms with Crippen LogP contribution in [0.1, 0.15) is 33.8 Å². The first-order chi connectivity index (χ1) is 15.3. The van der Waals surface area contributed by atoms with E-state index < -0.39 is 0 Å². The van der Waals surface area contributed by atoms with E-state index in [-0.39, 0.29) is 11.7 Å². The molecule has 0 saturated heterocycles. The van der Waals surface area contributed by atoms with Crippen LogP contribution in [-0.2, 0) is 0 Å². The molecule has 31 heavy (non-hydrogen) atoms. The predicted octanol–water partition coefficient (Wildman–Crippen LogP) is 7.24. The number of Topliss-reactive ketones (excluding diaryl/α,β-unsaturated/α-hetero) is 1. The molecule has 0 aliphatic carbocycles. The van der Waals surface area contributed by atoms with E-state index in [2.05, 4.69) is 59.6 Å². The molecule has 2 nitrogen and oxygen atoms in total. The van der Waals surface area contributed by atoms with Crippen molar-refractivity contribution >= 4 is 16.7 Å². The van der Waals surface area contributed by atoms with Gasteiger partial charge in [-0.1, -0.05) is 109 Å². The molecule has 0 aliphatic heterocycles. The highest BCUT2D eigenvalue weighted by atomic mass is 16.1. The van der Waals surface area contributed by atoms with Crippen LogP contribution in [0.3, 0.4) is 0 Å². The van der Waals surface area contributed by atoms with Crippen molar-refractivity contribution < 1.29 is 4.79 Å². The van der Waals surface area contributed by atoms with Gasteiger partial charge < -0.3 is 4.98 Å². The molecule has 0 fully saturated rings. The Morgan fingerprint density at radius 3 is 1.97 bits per heavy atom. The number of aromatic nitrogens is 1. The number of ketones is 1. The third kappa shape index (κ3) is 3.80. The van der Waals surface area contributed by atoms with E-state index in [1.807, 2.05) is 60.7 Å². The molecule has 0 bridgehead atoms. The molecule has 0 spiro atoms. The first-order valence-electron chi connectivity index (χ1n) is 10.6. The van der Waals surface area contributed by atoms with E-state index >= 15 is 0 Å². The van der Waals surface area contributed by atoms with Crippen molar-refractivity contribution in [1.82, 2.24) is 4.98 Å². The fourth-order valence-corrected chi connectivity index (χ4v) is 4.36. The minimum atomic E-state index is -0.0553. The number of hydrogen-bond acceptors (Lipinski definition) is 1. The smallest absolute Gasteiger partial charge is 0.163 e. The van der Waals surface area contributed by atoms with Crippen molar-refractivity contribution in [2.75, 3.05) is 0 Å². The van der Waals surface area contributed by atoms with Crippen molar-refractivity contribution in [3.8, 4) is 11.3 Å². The molecule has 0 aliphatic rings. The number of para-hydroxylation sites is 1. The first kappa shape index (κ1) is 19.1. The second kappa shape index (κ2) is 8.45. The SMILES string of the molecule is O=C(CC(c1ccccc1)c1c(-c2ccccc2)[nH]c2ccccc12)c1ccccc1. The Bertz CT molecular complexity index is 1300. The number of hydrogen-bond donors (Lipinski definition) is 1. The lowest BCUT2D eigenvalue weighted by atomic mass is 9.83. The number of nitrogens with one attached hydrogen (secondary N) is 1. The molecular formula is C29H23NO. The monoisotopic (exact) mass is 401 g/mol. The molecule has 4 aromatic carbocycles. The molecule has 1 aromatic heterocycles. The zero-order valence-electron chi connectivity index (χ0n) is 17.2. The fourth-order valence-electron chi connectivity index (χ4n) is 4.36. The van der Waals surface area contributed by atoms with Crippen LogP contribution < -0.4 is 0 Å². The maximum absolute atomic E-state index is 13.3. The summed E-state index contributed by atoms with van der Waals surface area (Å²) in [4.78, 5) is 16.9. The summed E-state index contributed by atoms with van der Waals surface area (Å²) in [6.07, 6.45) is 0.412. The van der Waals surface area contributed by atoms with Crippen LogP contribution >= 0.6 is 0 Å². The standard InChI is InChI=1S/C29H23NO/c31-27(22-14-6-2-7-15-22)20-25(21-12-4-1-5-13-21)28-24-18-10-11-19-26(24)30-29(28)23-16-8-3-9-17-23/h1-19,25,30H,20H2. The maximum atomic E-state index is 13.3. The highest BCUT2D eigenvalue weighted by molar-refractivity contribution is 5.98. The second-order valence-corrected chi connectivity index (χ2v) is 7.78. The van der Waals surface area contributed by atoms with Crippen LogP contribution in [0.2, 0.25) is 0 Å². The van der Waals surface area contributed by atoms with Gasteiger partial charge in [0.25, 0.3) is 0 Å². The molecule has 1 N–H and O–H groups in total. The Morgan fingerprint density at radius 2 is 1.26 bits per heavy atom. The molecular weight excluding hydrogens is 378 g/mol. The fraction of sp³-hybridized carbons (Fsp3) is 0.0690. The molecule has 1 unspecified atom stereocenters. The average molecular weight is 402 g/mol. The van der Waals surface area contributed by atoms with E-state index in [0.717, 1.165) is 33.3 Å². The Balaban J connectivity index is 1.70. The van der Waals surface area contributed by atoms with Crippen LogP contribution in [0.4, 0.5) is 0 Å². The Morgan fingerprint density at radius 1 is 0.677 bits per heavy atom. The van der Waals surface area contributed by atoms with Gasteiger partial charge in [-0.15, -0.1) is 0 Å². The van der Waals surface area contributed by atoms with Gasteiger partial charge in [-0.3, -0.25) is 4.79 Å². The number of carbonyl (C=O) groups excluding carboxylic acids is 1. The minimum absolute atomic E-state index is 0.0553. The second-order valence-electron chi connectivity index (χ2n) is 7.78. The van der Waals surface area contributed by atoms with Crippen LogP contribution in [0.25, 0.3) is 22.2 Å². The number of H-pyrrole nitrogens is 1. The van der Waals surface area contributed by atoms with Crippen molar-refractivity contribution in [3.05, 3.63) is 132 Å². The number of carbonyl (C=O) groups is 1. The molecule has 1 atom stereocenters. The van der Waals surface area contributed by atoms with E-state index in [1.54, 1.807) is 0 Å². The lowest BCUT2D eigenvalue weighted by molar-refractivity contribution is 0.0978. The maximum Gasteiger partial charge on any atom is 0.163 e. The van der Waals surface area contributed by atoms with Gasteiger partial charge in [0.1, 0.15) is 0 Å². The van der Waals surface area contributed by atoms with Gasteiger partial charge >= 0.3 is 0 Å². The van der Waals surface area contributed by atoms with Crippen LogP contribution in [-0.4, -0.2) is 10.8 Å². The van der Waals surface area contributed by atoms with E-state index in [0.29, 0.717) is 6.42 Å². The molecule has 5 aromatic rings. The summed E-state index contributed by atoms with van der Waals surface area (Å²) < 4.78 is 0. The van der Waals surface area contributed by atoms with Gasteiger partial charge in [0.05, 0.1) is 5.69 Å². The molecule has 5 rings (SSSR count). The minimum Gasteiger partial charge on any atom is -0.354 e. The van der Waals surface area contributed by atoms with Crippen LogP contribution in [0.15, 0.2) is 115 Å². The summed E-state index contributed by atoms with van der Waals surface area (Å²) in [6, 6.07) is 38.7. The summed E-state index contributed by atoms with van der Waals surface area (Å²) >= 11 is 0. The third-order valence-corrected chi connectivity index (χ3v) is 5.84. The molecule has 2 heteroatoms. The first-order valence-corrected chi connectivity index (χ1v) is 10.6. The van der Waals surface area contributed by atoms with Gasteiger partial charge in [-0.05, 0) is 22.8 Å². The van der Waals surface area contributed by atoms with E-state index in [9.17, 15) is 4.79 Å². The highest BCUT2D eigenvalue weighted by Crippen LogP contribution is 2.40. The molecule has 0 radical (unpaired) electrons. The average Bonchev–Trinajstić information content (AvgIpc) is 3.23. The Hall–Kier alpha value is -3.91. The van der Waals surface area contributed by atoms with Crippen molar-refractivity contribution in [1.29, 1.82) is 0 Å². The quantitative estimate of drug-likeness (QED) is 0.299. The molecule has 1 heterocycles. The van der Waals surface area contributed by atoms with E-state index in [4.69, 9.17) is 0 Å². The zero-order valence-corrected chi connectivity index (χ0v) is 17.2. The summed E-state index contributed by atoms with van der Waals surface area (Å²) in [5.41, 5.74) is 6.37. The topological polar surface area (TPSA) is 32.9 Å². The number of fused-ring (bicyclic) bond motifs is 1. The van der Waals surface area contributed by atoms with Gasteiger partial charge in [0.2, 0.25) is 0 Å². The largest absolute Gasteiger partial charge is 0.354 e. The zero-order chi connectivity index (χ0) is 21.0. The summed E-state index contributed by atoms with van der Waals surface area (Å²) in [7, 11) is 0. The van der Waals surface area contributed by atoms with Crippen LogP contribution in [0.5, 0.6) is 0 Å². The van der Waals surface area contributed by atoms with Crippen molar-refractivity contribution in [3.63, 3.8) is 0 Å². The molecule has 150 valence electrons. The molecule has 0 amide bonds. The van der Waals surface area contributed by atoms with Gasteiger partial charge in [-0.25, -0.2) is 0 Å². The summed E-state index contributed by atoms with van der Waals surface area (Å²) in [5, 5.41) is 1.16. The van der Waals surface area contributed by atoms with E-state index in [1.165, 1.54) is 5.56 Å². The normalized spacial score (nSPS) is 12.0.